The van der Waals surface area contributed by atoms with Crippen LogP contribution in [0.15, 0.2) is 48.5 Å². The molecule has 5 heteroatoms. The van der Waals surface area contributed by atoms with E-state index < -0.39 is 7.12 Å². The Morgan fingerprint density at radius 2 is 1.50 bits per heavy atom. The Bertz CT molecular complexity index is 857. The number of fused-ring (bicyclic) bond motifs is 1. The summed E-state index contributed by atoms with van der Waals surface area (Å²) in [6.45, 7) is 14.8. The summed E-state index contributed by atoms with van der Waals surface area (Å²) in [5.41, 5.74) is 2.51. The molecule has 148 valence electrons. The number of hydrogen-bond acceptors (Lipinski definition) is 4. The molecule has 2 aromatic carbocycles. The van der Waals surface area contributed by atoms with E-state index in [-0.39, 0.29) is 22.8 Å². The van der Waals surface area contributed by atoms with E-state index in [1.54, 1.807) is 0 Å². The molecule has 1 saturated heterocycles. The quantitative estimate of drug-likeness (QED) is 0.720. The largest absolute Gasteiger partial charge is 0.494 e. The Hall–Kier alpha value is -1.82. The molecular formula is C23H30BNO3. The van der Waals surface area contributed by atoms with E-state index >= 15 is 0 Å². The molecular weight excluding hydrogens is 349 g/mol. The van der Waals surface area contributed by atoms with Crippen LogP contribution in [0.3, 0.4) is 0 Å². The highest BCUT2D eigenvalue weighted by Crippen LogP contribution is 2.45. The van der Waals surface area contributed by atoms with Gasteiger partial charge in [0.15, 0.2) is 5.75 Å². The average Bonchev–Trinajstić information content (AvgIpc) is 3.09. The van der Waals surface area contributed by atoms with E-state index in [4.69, 9.17) is 14.1 Å². The Morgan fingerprint density at radius 1 is 0.893 bits per heavy atom. The molecule has 0 bridgehead atoms. The van der Waals surface area contributed by atoms with Crippen LogP contribution in [0, 0.1) is 0 Å². The van der Waals surface area contributed by atoms with Gasteiger partial charge in [-0.15, -0.1) is 5.06 Å². The molecule has 1 atom stereocenters. The van der Waals surface area contributed by atoms with Gasteiger partial charge in [0.2, 0.25) is 0 Å². The first-order chi connectivity index (χ1) is 13.0. The molecule has 1 unspecified atom stereocenters. The minimum atomic E-state index is -0.391. The molecule has 0 saturated carbocycles. The zero-order valence-corrected chi connectivity index (χ0v) is 17.9. The third-order valence-corrected chi connectivity index (χ3v) is 6.07. The van der Waals surface area contributed by atoms with Crippen molar-refractivity contribution in [2.75, 3.05) is 0 Å². The van der Waals surface area contributed by atoms with Gasteiger partial charge >= 0.3 is 7.12 Å². The van der Waals surface area contributed by atoms with Crippen LogP contribution < -0.4 is 10.3 Å². The van der Waals surface area contributed by atoms with Crippen LogP contribution in [-0.4, -0.2) is 28.9 Å². The summed E-state index contributed by atoms with van der Waals surface area (Å²) in [5, 5.41) is 2.08. The van der Waals surface area contributed by atoms with Crippen molar-refractivity contribution in [1.82, 2.24) is 5.06 Å². The van der Waals surface area contributed by atoms with Crippen LogP contribution in [0.2, 0.25) is 0 Å². The fourth-order valence-corrected chi connectivity index (χ4v) is 3.74. The van der Waals surface area contributed by atoms with E-state index in [0.29, 0.717) is 0 Å². The monoisotopic (exact) mass is 379 g/mol. The van der Waals surface area contributed by atoms with Gasteiger partial charge in [0, 0.05) is 11.1 Å². The lowest BCUT2D eigenvalue weighted by molar-refractivity contribution is -0.128. The van der Waals surface area contributed by atoms with Gasteiger partial charge in [0.25, 0.3) is 0 Å². The third kappa shape index (κ3) is 3.16. The molecule has 4 nitrogen and oxygen atoms in total. The first kappa shape index (κ1) is 19.5. The topological polar surface area (TPSA) is 30.9 Å². The first-order valence-electron chi connectivity index (χ1n) is 10.0. The van der Waals surface area contributed by atoms with E-state index in [0.717, 1.165) is 11.2 Å². The van der Waals surface area contributed by atoms with Crippen molar-refractivity contribution in [3.63, 3.8) is 0 Å². The zero-order chi connectivity index (χ0) is 20.3. The van der Waals surface area contributed by atoms with Gasteiger partial charge in [0.05, 0.1) is 11.2 Å². The number of hydrogen-bond donors (Lipinski definition) is 0. The molecule has 0 spiro atoms. The standard InChI is InChI=1S/C23H30BNO3/c1-21(2,3)25-20(16-11-9-8-10-12-16)18-14-13-17(15-19(18)26-25)24-27-22(4,5)23(6,7)28-24/h8-15,20H,1-7H3. The number of rotatable bonds is 2. The van der Waals surface area contributed by atoms with Crippen molar-refractivity contribution in [2.24, 2.45) is 0 Å². The molecule has 0 aromatic heterocycles. The van der Waals surface area contributed by atoms with Crippen molar-refractivity contribution >= 4 is 12.6 Å². The van der Waals surface area contributed by atoms with E-state index in [1.807, 2.05) is 6.07 Å². The third-order valence-electron chi connectivity index (χ3n) is 6.07. The predicted molar refractivity (Wildman–Crippen MR) is 113 cm³/mol. The maximum absolute atomic E-state index is 6.36. The van der Waals surface area contributed by atoms with Gasteiger partial charge in [-0.25, -0.2) is 0 Å². The molecule has 0 N–H and O–H groups in total. The van der Waals surface area contributed by atoms with Crippen LogP contribution in [0.25, 0.3) is 0 Å². The molecule has 2 aromatic rings. The van der Waals surface area contributed by atoms with Gasteiger partial charge in [-0.2, -0.15) is 0 Å². The summed E-state index contributed by atoms with van der Waals surface area (Å²) in [7, 11) is -0.391. The smallest absolute Gasteiger partial charge is 0.404 e. The van der Waals surface area contributed by atoms with Crippen LogP contribution >= 0.6 is 0 Å². The van der Waals surface area contributed by atoms with Gasteiger partial charge in [-0.1, -0.05) is 42.5 Å². The second kappa shape index (κ2) is 6.34. The van der Waals surface area contributed by atoms with Crippen molar-refractivity contribution in [2.45, 2.75) is 71.2 Å². The highest BCUT2D eigenvalue weighted by Gasteiger charge is 2.52. The van der Waals surface area contributed by atoms with Crippen molar-refractivity contribution in [3.05, 3.63) is 59.7 Å². The van der Waals surface area contributed by atoms with Gasteiger partial charge < -0.3 is 14.1 Å². The molecule has 2 aliphatic rings. The maximum Gasteiger partial charge on any atom is 0.494 e. The van der Waals surface area contributed by atoms with E-state index in [2.05, 4.69) is 96.0 Å². The Morgan fingerprint density at radius 3 is 2.07 bits per heavy atom. The minimum Gasteiger partial charge on any atom is -0.404 e. The lowest BCUT2D eigenvalue weighted by Crippen LogP contribution is -2.43. The number of nitrogens with zero attached hydrogens (tertiary/aromatic N) is 1. The van der Waals surface area contributed by atoms with Crippen molar-refractivity contribution < 1.29 is 14.1 Å². The van der Waals surface area contributed by atoms with Gasteiger partial charge in [-0.05, 0) is 65.6 Å². The highest BCUT2D eigenvalue weighted by atomic mass is 16.7. The summed E-state index contributed by atoms with van der Waals surface area (Å²) in [5.74, 6) is 0.871. The molecule has 1 fully saturated rings. The summed E-state index contributed by atoms with van der Waals surface area (Å²) in [6, 6.07) is 16.9. The van der Waals surface area contributed by atoms with Crippen LogP contribution in [0.1, 0.15) is 65.6 Å². The minimum absolute atomic E-state index is 0.0588. The van der Waals surface area contributed by atoms with Crippen LogP contribution in [0.4, 0.5) is 0 Å². The summed E-state index contributed by atoms with van der Waals surface area (Å²) < 4.78 is 12.4. The maximum atomic E-state index is 6.36. The molecule has 0 aliphatic carbocycles. The Labute approximate surface area is 168 Å². The number of benzene rings is 2. The summed E-state index contributed by atoms with van der Waals surface area (Å²) >= 11 is 0. The number of hydroxylamine groups is 2. The summed E-state index contributed by atoms with van der Waals surface area (Å²) in [6.07, 6.45) is 0. The molecule has 2 heterocycles. The predicted octanol–water partition coefficient (Wildman–Crippen LogP) is 4.48. The molecule has 28 heavy (non-hydrogen) atoms. The molecule has 0 amide bonds. The second-order valence-electron chi connectivity index (χ2n) is 9.79. The molecule has 2 aliphatic heterocycles. The van der Waals surface area contributed by atoms with Crippen LogP contribution in [-0.2, 0) is 9.31 Å². The van der Waals surface area contributed by atoms with Crippen molar-refractivity contribution in [1.29, 1.82) is 0 Å². The lowest BCUT2D eigenvalue weighted by Gasteiger charge is -2.34. The van der Waals surface area contributed by atoms with Gasteiger partial charge in [-0.3, -0.25) is 0 Å². The second-order valence-corrected chi connectivity index (χ2v) is 9.79. The molecule has 0 radical (unpaired) electrons. The van der Waals surface area contributed by atoms with Crippen molar-refractivity contribution in [3.8, 4) is 5.75 Å². The average molecular weight is 379 g/mol. The molecule has 4 rings (SSSR count). The summed E-state index contributed by atoms with van der Waals surface area (Å²) in [4.78, 5) is 6.36. The van der Waals surface area contributed by atoms with E-state index in [9.17, 15) is 0 Å². The zero-order valence-electron chi connectivity index (χ0n) is 17.9. The first-order valence-corrected chi connectivity index (χ1v) is 10.0. The SMILES string of the molecule is CC(C)(C)N1Oc2cc(B3OC(C)(C)C(C)(C)O3)ccc2C1c1ccccc1. The fourth-order valence-electron chi connectivity index (χ4n) is 3.74. The Balaban J connectivity index is 1.71. The van der Waals surface area contributed by atoms with Crippen LogP contribution in [0.5, 0.6) is 5.75 Å². The lowest BCUT2D eigenvalue weighted by atomic mass is 9.78. The fraction of sp³-hybridized carbons (Fsp3) is 0.478. The van der Waals surface area contributed by atoms with Gasteiger partial charge in [0.1, 0.15) is 6.04 Å². The highest BCUT2D eigenvalue weighted by molar-refractivity contribution is 6.62. The van der Waals surface area contributed by atoms with E-state index in [1.165, 1.54) is 11.1 Å². The normalized spacial score (nSPS) is 23.5. The Kier molecular flexibility index (Phi) is 4.42.